The first-order valence-corrected chi connectivity index (χ1v) is 8.38. The van der Waals surface area contributed by atoms with Crippen LogP contribution in [-0.4, -0.2) is 60.2 Å². The maximum absolute atomic E-state index is 12.1. The lowest BCUT2D eigenvalue weighted by atomic mass is 10.1. The summed E-state index contributed by atoms with van der Waals surface area (Å²) in [6.45, 7) is 5.01. The predicted octanol–water partition coefficient (Wildman–Crippen LogP) is 0.921. The van der Waals surface area contributed by atoms with Gasteiger partial charge in [0.1, 0.15) is 11.6 Å². The molecule has 0 aliphatic carbocycles. The van der Waals surface area contributed by atoms with Gasteiger partial charge in [-0.2, -0.15) is 0 Å². The number of aromatic nitrogens is 1. The number of hydrogen-bond donors (Lipinski definition) is 3. The van der Waals surface area contributed by atoms with Gasteiger partial charge in [0.25, 0.3) is 5.91 Å². The number of benzene rings is 1. The lowest BCUT2D eigenvalue weighted by Gasteiger charge is -2.35. The summed E-state index contributed by atoms with van der Waals surface area (Å²) in [4.78, 5) is 21.1. The fourth-order valence-electron chi connectivity index (χ4n) is 2.90. The summed E-state index contributed by atoms with van der Waals surface area (Å²) in [6, 6.07) is 10.5. The molecule has 0 bridgehead atoms. The number of phenolic OH excluding ortho intramolecular Hbond substituents is 1. The summed E-state index contributed by atoms with van der Waals surface area (Å²) in [5.41, 5.74) is 6.25. The second-order valence-corrected chi connectivity index (χ2v) is 6.05. The second kappa shape index (κ2) is 7.85. The molecule has 2 aromatic rings. The van der Waals surface area contributed by atoms with E-state index in [0.29, 0.717) is 12.2 Å². The molecule has 0 saturated carbocycles. The molecule has 1 amide bonds. The van der Waals surface area contributed by atoms with Gasteiger partial charge in [0.05, 0.1) is 5.56 Å². The van der Waals surface area contributed by atoms with Crippen LogP contribution in [0.1, 0.15) is 10.4 Å². The van der Waals surface area contributed by atoms with Crippen LogP contribution < -0.4 is 16.0 Å². The number of nitrogens with two attached hydrogens (primary N) is 1. The van der Waals surface area contributed by atoms with E-state index in [-0.39, 0.29) is 17.2 Å². The molecule has 1 aromatic heterocycles. The van der Waals surface area contributed by atoms with Crippen molar-refractivity contribution in [1.82, 2.24) is 15.2 Å². The Morgan fingerprint density at radius 2 is 2.00 bits per heavy atom. The van der Waals surface area contributed by atoms with E-state index in [1.807, 2.05) is 24.4 Å². The molecule has 2 heterocycles. The van der Waals surface area contributed by atoms with Crippen LogP contribution in [0, 0.1) is 0 Å². The van der Waals surface area contributed by atoms with E-state index in [9.17, 15) is 9.90 Å². The van der Waals surface area contributed by atoms with Crippen molar-refractivity contribution in [3.05, 3.63) is 48.2 Å². The second-order valence-electron chi connectivity index (χ2n) is 6.05. The number of piperazine rings is 1. The minimum atomic E-state index is -0.287. The van der Waals surface area contributed by atoms with Gasteiger partial charge in [-0.05, 0) is 24.3 Å². The van der Waals surface area contributed by atoms with Crippen molar-refractivity contribution in [2.24, 2.45) is 0 Å². The fourth-order valence-corrected chi connectivity index (χ4v) is 2.90. The van der Waals surface area contributed by atoms with Gasteiger partial charge in [0, 0.05) is 57.2 Å². The Balaban J connectivity index is 1.42. The molecule has 1 aliphatic heterocycles. The maximum Gasteiger partial charge on any atom is 0.255 e. The summed E-state index contributed by atoms with van der Waals surface area (Å²) >= 11 is 0. The number of carbonyl (C=O) groups excluding carboxylic acids is 1. The Morgan fingerprint density at radius 3 is 2.68 bits per heavy atom. The first-order chi connectivity index (χ1) is 12.1. The van der Waals surface area contributed by atoms with Gasteiger partial charge < -0.3 is 21.1 Å². The largest absolute Gasteiger partial charge is 0.507 e. The highest BCUT2D eigenvalue weighted by Gasteiger charge is 2.18. The number of anilines is 2. The van der Waals surface area contributed by atoms with Crippen LogP contribution in [0.3, 0.4) is 0 Å². The van der Waals surface area contributed by atoms with Crippen molar-refractivity contribution in [3.8, 4) is 5.75 Å². The molecule has 3 rings (SSSR count). The number of carbonyl (C=O) groups is 1. The Hall–Kier alpha value is -2.80. The van der Waals surface area contributed by atoms with Crippen molar-refractivity contribution in [2.45, 2.75) is 0 Å². The number of phenols is 1. The number of nitrogens with zero attached hydrogens (tertiary/aromatic N) is 3. The average Bonchev–Trinajstić information content (AvgIpc) is 2.63. The number of pyridine rings is 1. The fraction of sp³-hybridized carbons (Fsp3) is 0.333. The predicted molar refractivity (Wildman–Crippen MR) is 97.7 cm³/mol. The smallest absolute Gasteiger partial charge is 0.255 e. The van der Waals surface area contributed by atoms with Crippen LogP contribution in [0.4, 0.5) is 11.5 Å². The van der Waals surface area contributed by atoms with Gasteiger partial charge >= 0.3 is 0 Å². The molecular weight excluding hydrogens is 318 g/mol. The molecule has 0 atom stereocenters. The topological polar surface area (TPSA) is 94.7 Å². The zero-order chi connectivity index (χ0) is 17.6. The summed E-state index contributed by atoms with van der Waals surface area (Å²) in [5.74, 6) is 0.625. The monoisotopic (exact) mass is 341 g/mol. The molecule has 1 saturated heterocycles. The molecule has 0 spiro atoms. The molecule has 7 heteroatoms. The van der Waals surface area contributed by atoms with Gasteiger partial charge in [0.2, 0.25) is 0 Å². The Bertz CT molecular complexity index is 715. The zero-order valence-corrected chi connectivity index (χ0v) is 14.1. The van der Waals surface area contributed by atoms with Gasteiger partial charge in [0.15, 0.2) is 0 Å². The number of nitrogens with one attached hydrogen (secondary N) is 1. The van der Waals surface area contributed by atoms with Crippen LogP contribution in [-0.2, 0) is 0 Å². The highest BCUT2D eigenvalue weighted by molar-refractivity contribution is 5.97. The molecule has 0 radical (unpaired) electrons. The van der Waals surface area contributed by atoms with Gasteiger partial charge in [-0.25, -0.2) is 4.98 Å². The van der Waals surface area contributed by atoms with Gasteiger partial charge in [-0.15, -0.1) is 0 Å². The van der Waals surface area contributed by atoms with Crippen LogP contribution in [0.25, 0.3) is 0 Å². The lowest BCUT2D eigenvalue weighted by molar-refractivity contribution is 0.0945. The molecule has 4 N–H and O–H groups in total. The number of amides is 1. The third-order valence-corrected chi connectivity index (χ3v) is 4.33. The molecule has 132 valence electrons. The third kappa shape index (κ3) is 4.39. The minimum absolute atomic E-state index is 0.0959. The van der Waals surface area contributed by atoms with E-state index in [2.05, 4.69) is 20.1 Å². The van der Waals surface area contributed by atoms with E-state index < -0.39 is 0 Å². The van der Waals surface area contributed by atoms with Crippen molar-refractivity contribution in [1.29, 1.82) is 0 Å². The first-order valence-electron chi connectivity index (χ1n) is 8.38. The molecular formula is C18H23N5O2. The van der Waals surface area contributed by atoms with Crippen LogP contribution in [0.15, 0.2) is 42.6 Å². The highest BCUT2D eigenvalue weighted by atomic mass is 16.3. The quantitative estimate of drug-likeness (QED) is 0.700. The van der Waals surface area contributed by atoms with E-state index in [0.717, 1.165) is 38.5 Å². The average molecular weight is 341 g/mol. The van der Waals surface area contributed by atoms with Crippen molar-refractivity contribution < 1.29 is 9.90 Å². The molecule has 0 unspecified atom stereocenters. The third-order valence-electron chi connectivity index (χ3n) is 4.33. The standard InChI is InChI=1S/C18H23N5O2/c19-14-4-5-15(16(24)13-14)18(25)21-7-8-22-9-11-23(12-10-22)17-3-1-2-6-20-17/h1-6,13,24H,7-12,19H2,(H,21,25). The summed E-state index contributed by atoms with van der Waals surface area (Å²) in [5, 5.41) is 12.6. The highest BCUT2D eigenvalue weighted by Crippen LogP contribution is 2.19. The molecule has 7 nitrogen and oxygen atoms in total. The van der Waals surface area contributed by atoms with Crippen LogP contribution >= 0.6 is 0 Å². The van der Waals surface area contributed by atoms with Crippen LogP contribution in [0.5, 0.6) is 5.75 Å². The Labute approximate surface area is 147 Å². The van der Waals surface area contributed by atoms with Crippen molar-refractivity contribution in [2.75, 3.05) is 49.9 Å². The van der Waals surface area contributed by atoms with Gasteiger partial charge in [-0.3, -0.25) is 9.69 Å². The van der Waals surface area contributed by atoms with E-state index in [1.54, 1.807) is 6.07 Å². The summed E-state index contributed by atoms with van der Waals surface area (Å²) in [6.07, 6.45) is 1.81. The number of nitrogen functional groups attached to an aromatic ring is 1. The molecule has 25 heavy (non-hydrogen) atoms. The number of hydrogen-bond acceptors (Lipinski definition) is 6. The Kier molecular flexibility index (Phi) is 5.35. The normalized spacial score (nSPS) is 15.1. The maximum atomic E-state index is 12.1. The molecule has 1 aliphatic rings. The van der Waals surface area contributed by atoms with E-state index >= 15 is 0 Å². The van der Waals surface area contributed by atoms with E-state index in [4.69, 9.17) is 5.73 Å². The molecule has 1 fully saturated rings. The minimum Gasteiger partial charge on any atom is -0.507 e. The van der Waals surface area contributed by atoms with Crippen LogP contribution in [0.2, 0.25) is 0 Å². The zero-order valence-electron chi connectivity index (χ0n) is 14.1. The lowest BCUT2D eigenvalue weighted by Crippen LogP contribution is -2.48. The number of aromatic hydroxyl groups is 1. The molecule has 1 aromatic carbocycles. The summed E-state index contributed by atoms with van der Waals surface area (Å²) in [7, 11) is 0. The van der Waals surface area contributed by atoms with Crippen molar-refractivity contribution in [3.63, 3.8) is 0 Å². The van der Waals surface area contributed by atoms with Crippen molar-refractivity contribution >= 4 is 17.4 Å². The first kappa shape index (κ1) is 17.0. The summed E-state index contributed by atoms with van der Waals surface area (Å²) < 4.78 is 0. The SMILES string of the molecule is Nc1ccc(C(=O)NCCN2CCN(c3ccccn3)CC2)c(O)c1. The number of rotatable bonds is 5. The Morgan fingerprint density at radius 1 is 1.20 bits per heavy atom. The van der Waals surface area contributed by atoms with Gasteiger partial charge in [-0.1, -0.05) is 6.07 Å². The van der Waals surface area contributed by atoms with E-state index in [1.165, 1.54) is 12.1 Å².